The van der Waals surface area contributed by atoms with Crippen molar-refractivity contribution >= 4 is 0 Å². The predicted molar refractivity (Wildman–Crippen MR) is 110 cm³/mol. The zero-order chi connectivity index (χ0) is 18.6. The van der Waals surface area contributed by atoms with Gasteiger partial charge in [-0.3, -0.25) is 0 Å². The Morgan fingerprint density at radius 1 is 0.889 bits per heavy atom. The minimum Gasteiger partial charge on any atom is -0.497 e. The van der Waals surface area contributed by atoms with Gasteiger partial charge in [0.25, 0.3) is 0 Å². The van der Waals surface area contributed by atoms with Gasteiger partial charge >= 0.3 is 0 Å². The summed E-state index contributed by atoms with van der Waals surface area (Å²) in [5.74, 6) is 1.77. The molecule has 134 valence electrons. The standard InChI is InChI=1S/C24H22N2O/c1-18-11-12-21(23(15-18)19-7-4-3-5-8-19)17-26-14-13-25-24(26)20-9-6-10-22(16-20)27-2/h3-16H,17H2,1-2H3. The molecular formula is C24H22N2O. The molecule has 0 aliphatic heterocycles. The molecule has 3 aromatic carbocycles. The van der Waals surface area contributed by atoms with Crippen molar-refractivity contribution in [3.05, 3.63) is 96.3 Å². The molecule has 0 N–H and O–H groups in total. The minimum absolute atomic E-state index is 0.761. The van der Waals surface area contributed by atoms with E-state index in [1.165, 1.54) is 22.3 Å². The molecule has 0 bridgehead atoms. The number of hydrogen-bond acceptors (Lipinski definition) is 2. The number of imidazole rings is 1. The third kappa shape index (κ3) is 3.63. The van der Waals surface area contributed by atoms with E-state index in [0.29, 0.717) is 0 Å². The molecule has 27 heavy (non-hydrogen) atoms. The van der Waals surface area contributed by atoms with E-state index in [2.05, 4.69) is 71.1 Å². The molecule has 3 nitrogen and oxygen atoms in total. The van der Waals surface area contributed by atoms with Gasteiger partial charge in [-0.25, -0.2) is 4.98 Å². The maximum atomic E-state index is 5.36. The van der Waals surface area contributed by atoms with Crippen LogP contribution in [0.3, 0.4) is 0 Å². The van der Waals surface area contributed by atoms with Gasteiger partial charge in [-0.15, -0.1) is 0 Å². The highest BCUT2D eigenvalue weighted by molar-refractivity contribution is 5.68. The highest BCUT2D eigenvalue weighted by Crippen LogP contribution is 2.28. The second kappa shape index (κ2) is 7.50. The Kier molecular flexibility index (Phi) is 4.75. The van der Waals surface area contributed by atoms with Crippen molar-refractivity contribution in [3.8, 4) is 28.3 Å². The average molecular weight is 354 g/mol. The monoisotopic (exact) mass is 354 g/mol. The van der Waals surface area contributed by atoms with Crippen LogP contribution in [0.25, 0.3) is 22.5 Å². The van der Waals surface area contributed by atoms with Crippen LogP contribution in [0.2, 0.25) is 0 Å². The Morgan fingerprint density at radius 3 is 2.52 bits per heavy atom. The van der Waals surface area contributed by atoms with Gasteiger partial charge in [0.05, 0.1) is 7.11 Å². The summed E-state index contributed by atoms with van der Waals surface area (Å²) in [4.78, 5) is 4.59. The molecular weight excluding hydrogens is 332 g/mol. The van der Waals surface area contributed by atoms with Gasteiger partial charge in [-0.2, -0.15) is 0 Å². The normalized spacial score (nSPS) is 10.7. The summed E-state index contributed by atoms with van der Waals surface area (Å²) < 4.78 is 7.55. The molecule has 0 radical (unpaired) electrons. The maximum absolute atomic E-state index is 5.36. The lowest BCUT2D eigenvalue weighted by molar-refractivity contribution is 0.415. The van der Waals surface area contributed by atoms with Crippen LogP contribution in [-0.2, 0) is 6.54 Å². The summed E-state index contributed by atoms with van der Waals surface area (Å²) in [7, 11) is 1.68. The van der Waals surface area contributed by atoms with Crippen LogP contribution in [0.5, 0.6) is 5.75 Å². The fourth-order valence-corrected chi connectivity index (χ4v) is 3.36. The van der Waals surface area contributed by atoms with E-state index >= 15 is 0 Å². The van der Waals surface area contributed by atoms with Crippen LogP contribution in [-0.4, -0.2) is 16.7 Å². The van der Waals surface area contributed by atoms with Gasteiger partial charge in [0.2, 0.25) is 0 Å². The molecule has 0 aliphatic rings. The number of nitrogens with zero attached hydrogens (tertiary/aromatic N) is 2. The Morgan fingerprint density at radius 2 is 1.70 bits per heavy atom. The zero-order valence-electron chi connectivity index (χ0n) is 15.6. The first-order chi connectivity index (χ1) is 13.2. The molecule has 4 aromatic rings. The van der Waals surface area contributed by atoms with Gasteiger partial charge in [0, 0.05) is 24.5 Å². The largest absolute Gasteiger partial charge is 0.497 e. The lowest BCUT2D eigenvalue weighted by Crippen LogP contribution is -2.03. The summed E-state index contributed by atoms with van der Waals surface area (Å²) >= 11 is 0. The maximum Gasteiger partial charge on any atom is 0.140 e. The number of ether oxygens (including phenoxy) is 1. The van der Waals surface area contributed by atoms with Gasteiger partial charge in [0.15, 0.2) is 0 Å². The molecule has 0 spiro atoms. The molecule has 0 amide bonds. The Balaban J connectivity index is 1.73. The lowest BCUT2D eigenvalue weighted by Gasteiger charge is -2.14. The van der Waals surface area contributed by atoms with Crippen LogP contribution in [0.15, 0.2) is 85.2 Å². The first-order valence-electron chi connectivity index (χ1n) is 9.05. The molecule has 0 atom stereocenters. The Bertz CT molecular complexity index is 1050. The molecule has 0 fully saturated rings. The van der Waals surface area contributed by atoms with E-state index in [1.54, 1.807) is 7.11 Å². The summed E-state index contributed by atoms with van der Waals surface area (Å²) in [6, 6.07) is 25.2. The highest BCUT2D eigenvalue weighted by atomic mass is 16.5. The van der Waals surface area contributed by atoms with Crippen molar-refractivity contribution in [1.82, 2.24) is 9.55 Å². The number of hydrogen-bond donors (Lipinski definition) is 0. The first kappa shape index (κ1) is 17.1. The summed E-state index contributed by atoms with van der Waals surface area (Å²) in [5.41, 5.74) is 6.08. The topological polar surface area (TPSA) is 27.1 Å². The first-order valence-corrected chi connectivity index (χ1v) is 9.05. The third-order valence-electron chi connectivity index (χ3n) is 4.73. The van der Waals surface area contributed by atoms with Crippen LogP contribution >= 0.6 is 0 Å². The number of benzene rings is 3. The van der Waals surface area contributed by atoms with E-state index in [9.17, 15) is 0 Å². The van der Waals surface area contributed by atoms with Crippen molar-refractivity contribution in [2.24, 2.45) is 0 Å². The third-order valence-corrected chi connectivity index (χ3v) is 4.73. The summed E-state index contributed by atoms with van der Waals surface area (Å²) in [6.07, 6.45) is 3.88. The number of aromatic nitrogens is 2. The van der Waals surface area contributed by atoms with Gasteiger partial charge in [-0.1, -0.05) is 66.2 Å². The Labute approximate surface area is 159 Å². The Hall–Kier alpha value is -3.33. The van der Waals surface area contributed by atoms with Crippen molar-refractivity contribution in [3.63, 3.8) is 0 Å². The molecule has 4 rings (SSSR count). The van der Waals surface area contributed by atoms with E-state index in [1.807, 2.05) is 30.6 Å². The average Bonchev–Trinajstić information content (AvgIpc) is 3.18. The van der Waals surface area contributed by atoms with E-state index < -0.39 is 0 Å². The molecule has 0 saturated heterocycles. The van der Waals surface area contributed by atoms with E-state index in [4.69, 9.17) is 4.74 Å². The molecule has 0 aliphatic carbocycles. The van der Waals surface area contributed by atoms with Gasteiger partial charge < -0.3 is 9.30 Å². The molecule has 3 heteroatoms. The number of methoxy groups -OCH3 is 1. The fraction of sp³-hybridized carbons (Fsp3) is 0.125. The van der Waals surface area contributed by atoms with Gasteiger partial charge in [-0.05, 0) is 35.7 Å². The van der Waals surface area contributed by atoms with Crippen molar-refractivity contribution < 1.29 is 4.74 Å². The molecule has 1 aromatic heterocycles. The second-order valence-electron chi connectivity index (χ2n) is 6.64. The molecule has 1 heterocycles. The summed E-state index contributed by atoms with van der Waals surface area (Å²) in [5, 5.41) is 0. The van der Waals surface area contributed by atoms with E-state index in [-0.39, 0.29) is 0 Å². The van der Waals surface area contributed by atoms with Crippen LogP contribution in [0, 0.1) is 6.92 Å². The SMILES string of the molecule is COc1cccc(-c2nccn2Cc2ccc(C)cc2-c2ccccc2)c1. The number of aryl methyl sites for hydroxylation is 1. The van der Waals surface area contributed by atoms with E-state index in [0.717, 1.165) is 23.7 Å². The van der Waals surface area contributed by atoms with Crippen LogP contribution < -0.4 is 4.74 Å². The molecule has 0 saturated carbocycles. The summed E-state index contributed by atoms with van der Waals surface area (Å²) in [6.45, 7) is 2.90. The second-order valence-corrected chi connectivity index (χ2v) is 6.64. The van der Waals surface area contributed by atoms with Crippen molar-refractivity contribution in [1.29, 1.82) is 0 Å². The van der Waals surface area contributed by atoms with Gasteiger partial charge in [0.1, 0.15) is 11.6 Å². The lowest BCUT2D eigenvalue weighted by atomic mass is 9.97. The van der Waals surface area contributed by atoms with Crippen LogP contribution in [0.1, 0.15) is 11.1 Å². The molecule has 0 unspecified atom stereocenters. The van der Waals surface area contributed by atoms with Crippen LogP contribution in [0.4, 0.5) is 0 Å². The smallest absolute Gasteiger partial charge is 0.140 e. The van der Waals surface area contributed by atoms with Crippen molar-refractivity contribution in [2.75, 3.05) is 7.11 Å². The highest BCUT2D eigenvalue weighted by Gasteiger charge is 2.11. The quantitative estimate of drug-likeness (QED) is 0.468. The predicted octanol–water partition coefficient (Wildman–Crippen LogP) is 5.58. The fourth-order valence-electron chi connectivity index (χ4n) is 3.36. The number of rotatable bonds is 5. The minimum atomic E-state index is 0.761. The zero-order valence-corrected chi connectivity index (χ0v) is 15.6. The van der Waals surface area contributed by atoms with Crippen molar-refractivity contribution in [2.45, 2.75) is 13.5 Å².